The van der Waals surface area contributed by atoms with Gasteiger partial charge in [0.05, 0.1) is 23.7 Å². The van der Waals surface area contributed by atoms with E-state index >= 15 is 0 Å². The molecule has 1 aromatic heterocycles. The summed E-state index contributed by atoms with van der Waals surface area (Å²) in [6, 6.07) is 10.2. The topological polar surface area (TPSA) is 78.6 Å². The van der Waals surface area contributed by atoms with Crippen LogP contribution in [0.5, 0.6) is 0 Å². The van der Waals surface area contributed by atoms with Crippen LogP contribution in [0.4, 0.5) is 5.82 Å². The number of thioether (sulfide) groups is 1. The molecule has 2 unspecified atom stereocenters. The van der Waals surface area contributed by atoms with Crippen molar-refractivity contribution in [2.24, 2.45) is 0 Å². The number of benzene rings is 1. The number of morpholine rings is 1. The first kappa shape index (κ1) is 28.1. The smallest absolute Gasteiger partial charge is 0.270 e. The molecular formula is C29H34N4O3S2. The van der Waals surface area contributed by atoms with Crippen molar-refractivity contribution in [1.29, 1.82) is 5.26 Å². The number of pyridine rings is 1. The molecule has 0 saturated carbocycles. The van der Waals surface area contributed by atoms with E-state index in [9.17, 15) is 14.9 Å². The van der Waals surface area contributed by atoms with Gasteiger partial charge in [-0.15, -0.1) is 0 Å². The van der Waals surface area contributed by atoms with Gasteiger partial charge in [0.2, 0.25) is 0 Å². The molecule has 1 amide bonds. The Hall–Kier alpha value is -2.93. The molecule has 38 heavy (non-hydrogen) atoms. The Kier molecular flexibility index (Phi) is 8.76. The van der Waals surface area contributed by atoms with Crippen LogP contribution in [-0.4, -0.2) is 45.0 Å². The van der Waals surface area contributed by atoms with Crippen molar-refractivity contribution >= 4 is 46.1 Å². The van der Waals surface area contributed by atoms with Crippen molar-refractivity contribution in [2.75, 3.05) is 18.0 Å². The summed E-state index contributed by atoms with van der Waals surface area (Å²) in [5.74, 6) is 0.574. The summed E-state index contributed by atoms with van der Waals surface area (Å²) in [5, 5.41) is 9.92. The van der Waals surface area contributed by atoms with Gasteiger partial charge in [0.1, 0.15) is 21.8 Å². The van der Waals surface area contributed by atoms with Crippen LogP contribution in [0.25, 0.3) is 6.08 Å². The summed E-state index contributed by atoms with van der Waals surface area (Å²) in [6.07, 6.45) is 3.49. The lowest BCUT2D eigenvalue weighted by Gasteiger charge is -2.39. The van der Waals surface area contributed by atoms with Crippen molar-refractivity contribution in [3.63, 3.8) is 0 Å². The number of aryl methyl sites for hydroxylation is 1. The first-order valence-electron chi connectivity index (χ1n) is 13.0. The van der Waals surface area contributed by atoms with Crippen molar-refractivity contribution < 1.29 is 9.53 Å². The predicted octanol–water partition coefficient (Wildman–Crippen LogP) is 5.15. The lowest BCUT2D eigenvalue weighted by molar-refractivity contribution is -0.122. The molecule has 0 spiro atoms. The SMILES string of the molecule is CCCCn1c(N2CC(C)OC(C)C2)c(/C=C2\SC(=S)N(Cc3ccc(C)cc3)C2=O)c(C)c(C#N)c1=O. The fourth-order valence-corrected chi connectivity index (χ4v) is 6.24. The number of ether oxygens (including phenoxy) is 1. The lowest BCUT2D eigenvalue weighted by Crippen LogP contribution is -2.48. The summed E-state index contributed by atoms with van der Waals surface area (Å²) in [7, 11) is 0. The van der Waals surface area contributed by atoms with Gasteiger partial charge in [-0.1, -0.05) is 67.2 Å². The zero-order chi connectivity index (χ0) is 27.6. The normalized spacial score (nSPS) is 20.9. The highest BCUT2D eigenvalue weighted by atomic mass is 32.2. The van der Waals surface area contributed by atoms with Gasteiger partial charge >= 0.3 is 0 Å². The van der Waals surface area contributed by atoms with Gasteiger partial charge < -0.3 is 9.64 Å². The average molecular weight is 551 g/mol. The van der Waals surface area contributed by atoms with Gasteiger partial charge in [-0.25, -0.2) is 0 Å². The first-order chi connectivity index (χ1) is 18.1. The quantitative estimate of drug-likeness (QED) is 0.348. The molecule has 2 atom stereocenters. The highest BCUT2D eigenvalue weighted by Crippen LogP contribution is 2.37. The Balaban J connectivity index is 1.83. The maximum atomic E-state index is 13.6. The van der Waals surface area contributed by atoms with Gasteiger partial charge in [-0.05, 0) is 51.3 Å². The number of nitrogens with zero attached hydrogens (tertiary/aromatic N) is 4. The predicted molar refractivity (Wildman–Crippen MR) is 157 cm³/mol. The van der Waals surface area contributed by atoms with Crippen LogP contribution in [-0.2, 0) is 22.6 Å². The molecule has 2 fully saturated rings. The number of anilines is 1. The fraction of sp³-hybridized carbons (Fsp3) is 0.448. The van der Waals surface area contributed by atoms with Crippen molar-refractivity contribution in [2.45, 2.75) is 72.8 Å². The van der Waals surface area contributed by atoms with E-state index in [1.165, 1.54) is 11.8 Å². The summed E-state index contributed by atoms with van der Waals surface area (Å²) in [4.78, 5) is 31.3. The summed E-state index contributed by atoms with van der Waals surface area (Å²) in [6.45, 7) is 12.0. The molecule has 7 nitrogen and oxygen atoms in total. The van der Waals surface area contributed by atoms with E-state index in [1.807, 2.05) is 51.1 Å². The maximum Gasteiger partial charge on any atom is 0.270 e. The minimum Gasteiger partial charge on any atom is -0.372 e. The summed E-state index contributed by atoms with van der Waals surface area (Å²) < 4.78 is 8.18. The third-order valence-corrected chi connectivity index (χ3v) is 8.29. The number of carbonyl (C=O) groups excluding carboxylic acids is 1. The first-order valence-corrected chi connectivity index (χ1v) is 14.3. The van der Waals surface area contributed by atoms with Crippen molar-refractivity contribution in [3.05, 3.63) is 67.3 Å². The third-order valence-electron chi connectivity index (χ3n) is 6.91. The molecule has 0 radical (unpaired) electrons. The summed E-state index contributed by atoms with van der Waals surface area (Å²) >= 11 is 6.86. The van der Waals surface area contributed by atoms with Crippen LogP contribution in [0.3, 0.4) is 0 Å². The Morgan fingerprint density at radius 2 is 1.82 bits per heavy atom. The van der Waals surface area contributed by atoms with Crippen LogP contribution in [0, 0.1) is 25.2 Å². The molecule has 0 aliphatic carbocycles. The number of unbranched alkanes of at least 4 members (excludes halogenated alkanes) is 1. The number of aromatic nitrogens is 1. The second-order valence-corrected chi connectivity index (χ2v) is 11.8. The highest BCUT2D eigenvalue weighted by Gasteiger charge is 2.34. The van der Waals surface area contributed by atoms with Crippen molar-refractivity contribution in [1.82, 2.24) is 9.47 Å². The Bertz CT molecular complexity index is 1360. The molecule has 0 bridgehead atoms. The van der Waals surface area contributed by atoms with Crippen LogP contribution in [0.1, 0.15) is 61.4 Å². The van der Waals surface area contributed by atoms with Gasteiger partial charge in [0, 0.05) is 25.2 Å². The Labute approximate surface area is 234 Å². The zero-order valence-electron chi connectivity index (χ0n) is 22.6. The van der Waals surface area contributed by atoms with E-state index in [0.717, 1.165) is 35.3 Å². The molecule has 2 aliphatic rings. The van der Waals surface area contributed by atoms with E-state index in [1.54, 1.807) is 16.4 Å². The maximum absolute atomic E-state index is 13.6. The van der Waals surface area contributed by atoms with Gasteiger partial charge in [0.25, 0.3) is 11.5 Å². The number of amides is 1. The standard InChI is InChI=1S/C29H34N4O3S2/c1-6-7-12-32-26(31-15-19(3)36-20(4)16-31)23(21(5)24(14-30)27(32)34)13-25-28(35)33(29(37)38-25)17-22-10-8-18(2)9-11-22/h8-11,13,19-20H,6-7,12,15-17H2,1-5H3/b25-13-. The van der Waals surface area contributed by atoms with Crippen LogP contribution >= 0.6 is 24.0 Å². The summed E-state index contributed by atoms with van der Waals surface area (Å²) in [5.41, 5.74) is 3.27. The lowest BCUT2D eigenvalue weighted by atomic mass is 10.0. The second-order valence-electron chi connectivity index (χ2n) is 10.1. The average Bonchev–Trinajstić information content (AvgIpc) is 3.13. The largest absolute Gasteiger partial charge is 0.372 e. The molecule has 4 rings (SSSR count). The highest BCUT2D eigenvalue weighted by molar-refractivity contribution is 8.26. The molecule has 1 aromatic carbocycles. The minimum atomic E-state index is -0.288. The monoisotopic (exact) mass is 550 g/mol. The molecular weight excluding hydrogens is 516 g/mol. The second kappa shape index (κ2) is 11.9. The van der Waals surface area contributed by atoms with E-state index in [0.29, 0.717) is 41.0 Å². The van der Waals surface area contributed by atoms with E-state index in [2.05, 4.69) is 17.9 Å². The molecule has 0 N–H and O–H groups in total. The Morgan fingerprint density at radius 3 is 2.42 bits per heavy atom. The van der Waals surface area contributed by atoms with E-state index in [-0.39, 0.29) is 29.2 Å². The number of hydrogen-bond acceptors (Lipinski definition) is 7. The molecule has 3 heterocycles. The number of hydrogen-bond donors (Lipinski definition) is 0. The number of nitriles is 1. The van der Waals surface area contributed by atoms with Crippen LogP contribution < -0.4 is 10.5 Å². The van der Waals surface area contributed by atoms with Gasteiger partial charge in [-0.2, -0.15) is 5.26 Å². The third kappa shape index (κ3) is 5.73. The molecule has 9 heteroatoms. The van der Waals surface area contributed by atoms with Crippen molar-refractivity contribution in [3.8, 4) is 6.07 Å². The van der Waals surface area contributed by atoms with Gasteiger partial charge in [0.15, 0.2) is 0 Å². The van der Waals surface area contributed by atoms with Crippen LogP contribution in [0.15, 0.2) is 34.0 Å². The number of rotatable bonds is 7. The van der Waals surface area contributed by atoms with E-state index in [4.69, 9.17) is 17.0 Å². The zero-order valence-corrected chi connectivity index (χ0v) is 24.2. The van der Waals surface area contributed by atoms with Crippen LogP contribution in [0.2, 0.25) is 0 Å². The fourth-order valence-electron chi connectivity index (χ4n) is 5.00. The van der Waals surface area contributed by atoms with E-state index < -0.39 is 0 Å². The minimum absolute atomic E-state index is 0.0232. The molecule has 200 valence electrons. The number of carbonyl (C=O) groups is 1. The molecule has 2 saturated heterocycles. The number of thiocarbonyl (C=S) groups is 1. The Morgan fingerprint density at radius 1 is 1.16 bits per heavy atom. The van der Waals surface area contributed by atoms with Gasteiger partial charge in [-0.3, -0.25) is 19.1 Å². The molecule has 2 aromatic rings. The molecule has 2 aliphatic heterocycles.